The van der Waals surface area contributed by atoms with Crippen molar-refractivity contribution in [1.82, 2.24) is 4.98 Å². The molecule has 0 unspecified atom stereocenters. The number of primary amides is 1. The molecule has 6 heteroatoms. The van der Waals surface area contributed by atoms with Gasteiger partial charge < -0.3 is 20.5 Å². The Labute approximate surface area is 122 Å². The van der Waals surface area contributed by atoms with E-state index in [0.29, 0.717) is 32.6 Å². The molecular weight excluding hydrogens is 270 g/mol. The normalized spacial score (nSPS) is 13.1. The molecule has 0 bridgehead atoms. The number of amides is 1. The van der Waals surface area contributed by atoms with Crippen LogP contribution in [0.1, 0.15) is 12.8 Å². The summed E-state index contributed by atoms with van der Waals surface area (Å²) in [5.41, 5.74) is 5.13. The maximum absolute atomic E-state index is 10.7. The number of nitrogens with one attached hydrogen (secondary N) is 1. The van der Waals surface area contributed by atoms with E-state index in [0.717, 1.165) is 28.1 Å². The molecule has 6 nitrogen and oxygen atoms in total. The summed E-state index contributed by atoms with van der Waals surface area (Å²) < 4.78 is 11.2. The number of benzene rings is 1. The second-order valence-electron chi connectivity index (χ2n) is 4.87. The molecule has 1 aliphatic heterocycles. The van der Waals surface area contributed by atoms with Crippen molar-refractivity contribution in [2.45, 2.75) is 12.8 Å². The minimum absolute atomic E-state index is 0.290. The fourth-order valence-corrected chi connectivity index (χ4v) is 2.32. The molecule has 0 saturated heterocycles. The molecule has 1 aromatic carbocycles. The maximum Gasteiger partial charge on any atom is 0.217 e. The van der Waals surface area contributed by atoms with Crippen molar-refractivity contribution in [3.8, 4) is 11.5 Å². The number of pyridine rings is 1. The number of anilines is 1. The van der Waals surface area contributed by atoms with Crippen molar-refractivity contribution >= 4 is 22.5 Å². The lowest BCUT2D eigenvalue weighted by Gasteiger charge is -2.19. The minimum Gasteiger partial charge on any atom is -0.486 e. The molecule has 2 heterocycles. The highest BCUT2D eigenvalue weighted by atomic mass is 16.6. The largest absolute Gasteiger partial charge is 0.486 e. The van der Waals surface area contributed by atoms with E-state index >= 15 is 0 Å². The van der Waals surface area contributed by atoms with Crippen molar-refractivity contribution in [3.63, 3.8) is 0 Å². The molecule has 0 atom stereocenters. The molecule has 0 fully saturated rings. The van der Waals surface area contributed by atoms with Gasteiger partial charge in [-0.25, -0.2) is 4.98 Å². The van der Waals surface area contributed by atoms with E-state index in [2.05, 4.69) is 10.3 Å². The second-order valence-corrected chi connectivity index (χ2v) is 4.87. The number of aromatic nitrogens is 1. The highest BCUT2D eigenvalue weighted by molar-refractivity contribution is 5.94. The van der Waals surface area contributed by atoms with Crippen molar-refractivity contribution in [2.75, 3.05) is 25.1 Å². The van der Waals surface area contributed by atoms with E-state index < -0.39 is 0 Å². The first kappa shape index (κ1) is 13.5. The number of rotatable bonds is 5. The van der Waals surface area contributed by atoms with Crippen molar-refractivity contribution in [2.24, 2.45) is 5.73 Å². The van der Waals surface area contributed by atoms with Crippen LogP contribution in [0.15, 0.2) is 24.4 Å². The molecule has 0 spiro atoms. The Balaban J connectivity index is 1.83. The Morgan fingerprint density at radius 3 is 2.81 bits per heavy atom. The fraction of sp³-hybridized carbons (Fsp3) is 0.333. The fourth-order valence-electron chi connectivity index (χ4n) is 2.32. The third kappa shape index (κ3) is 2.99. The summed E-state index contributed by atoms with van der Waals surface area (Å²) >= 11 is 0. The number of fused-ring (bicyclic) bond motifs is 2. The summed E-state index contributed by atoms with van der Waals surface area (Å²) in [4.78, 5) is 15.1. The monoisotopic (exact) mass is 287 g/mol. The van der Waals surface area contributed by atoms with Crippen LogP contribution in [-0.4, -0.2) is 30.6 Å². The first-order valence-electron chi connectivity index (χ1n) is 6.94. The Kier molecular flexibility index (Phi) is 3.77. The molecule has 21 heavy (non-hydrogen) atoms. The zero-order chi connectivity index (χ0) is 14.7. The van der Waals surface area contributed by atoms with Crippen LogP contribution < -0.4 is 20.5 Å². The van der Waals surface area contributed by atoms with Gasteiger partial charge in [-0.2, -0.15) is 0 Å². The maximum atomic E-state index is 10.7. The van der Waals surface area contributed by atoms with Gasteiger partial charge in [-0.05, 0) is 30.0 Å². The predicted octanol–water partition coefficient (Wildman–Crippen LogP) is 1.68. The van der Waals surface area contributed by atoms with Crippen LogP contribution in [0.25, 0.3) is 10.8 Å². The van der Waals surface area contributed by atoms with Crippen LogP contribution in [-0.2, 0) is 4.79 Å². The van der Waals surface area contributed by atoms with Gasteiger partial charge in [-0.1, -0.05) is 0 Å². The second kappa shape index (κ2) is 5.87. The number of nitrogens with zero attached hydrogens (tertiary/aromatic N) is 1. The SMILES string of the molecule is NC(=O)CCCNc1nccc2cc3c(cc12)OCCO3. The Morgan fingerprint density at radius 2 is 2.05 bits per heavy atom. The van der Waals surface area contributed by atoms with Crippen LogP contribution in [0.4, 0.5) is 5.82 Å². The summed E-state index contributed by atoms with van der Waals surface area (Å²) in [6.45, 7) is 1.77. The van der Waals surface area contributed by atoms with E-state index in [1.807, 2.05) is 18.2 Å². The van der Waals surface area contributed by atoms with Crippen LogP contribution in [0.5, 0.6) is 11.5 Å². The van der Waals surface area contributed by atoms with Gasteiger partial charge in [0.1, 0.15) is 19.0 Å². The van der Waals surface area contributed by atoms with Crippen molar-refractivity contribution < 1.29 is 14.3 Å². The third-order valence-electron chi connectivity index (χ3n) is 3.32. The number of carbonyl (C=O) groups excluding carboxylic acids is 1. The summed E-state index contributed by atoms with van der Waals surface area (Å²) in [5.74, 6) is 1.98. The first-order chi connectivity index (χ1) is 10.2. The summed E-state index contributed by atoms with van der Waals surface area (Å²) in [5, 5.41) is 5.24. The van der Waals surface area contributed by atoms with E-state index in [1.54, 1.807) is 6.20 Å². The highest BCUT2D eigenvalue weighted by Crippen LogP contribution is 2.36. The van der Waals surface area contributed by atoms with Gasteiger partial charge in [0.2, 0.25) is 5.91 Å². The Bertz CT molecular complexity index is 673. The molecule has 2 aromatic rings. The zero-order valence-electron chi connectivity index (χ0n) is 11.6. The highest BCUT2D eigenvalue weighted by Gasteiger charge is 2.14. The average Bonchev–Trinajstić information content (AvgIpc) is 2.49. The summed E-state index contributed by atoms with van der Waals surface area (Å²) in [7, 11) is 0. The van der Waals surface area contributed by atoms with Crippen LogP contribution in [0.2, 0.25) is 0 Å². The number of hydrogen-bond acceptors (Lipinski definition) is 5. The molecule has 1 aliphatic rings. The lowest BCUT2D eigenvalue weighted by Crippen LogP contribution is -2.15. The number of nitrogens with two attached hydrogens (primary N) is 1. The van der Waals surface area contributed by atoms with Gasteiger partial charge in [-0.3, -0.25) is 4.79 Å². The van der Waals surface area contributed by atoms with E-state index in [1.165, 1.54) is 0 Å². The molecule has 110 valence electrons. The molecule has 3 rings (SSSR count). The predicted molar refractivity (Wildman–Crippen MR) is 79.7 cm³/mol. The van der Waals surface area contributed by atoms with E-state index in [-0.39, 0.29) is 5.91 Å². The lowest BCUT2D eigenvalue weighted by molar-refractivity contribution is -0.118. The molecule has 3 N–H and O–H groups in total. The van der Waals surface area contributed by atoms with Gasteiger partial charge in [-0.15, -0.1) is 0 Å². The average molecular weight is 287 g/mol. The number of hydrogen-bond donors (Lipinski definition) is 2. The lowest BCUT2D eigenvalue weighted by atomic mass is 10.1. The molecule has 1 amide bonds. The van der Waals surface area contributed by atoms with Crippen LogP contribution in [0.3, 0.4) is 0 Å². The molecular formula is C15H17N3O3. The minimum atomic E-state index is -0.290. The molecule has 0 aliphatic carbocycles. The standard InChI is InChI=1S/C15H17N3O3/c16-14(19)2-1-4-17-15-11-9-13-12(20-6-7-21-13)8-10(11)3-5-18-15/h3,5,8-9H,1-2,4,6-7H2,(H2,16,19)(H,17,18). The summed E-state index contributed by atoms with van der Waals surface area (Å²) in [6, 6.07) is 5.83. The van der Waals surface area contributed by atoms with Gasteiger partial charge >= 0.3 is 0 Å². The topological polar surface area (TPSA) is 86.5 Å². The van der Waals surface area contributed by atoms with Gasteiger partial charge in [0.25, 0.3) is 0 Å². The van der Waals surface area contributed by atoms with Crippen LogP contribution in [0, 0.1) is 0 Å². The number of ether oxygens (including phenoxy) is 2. The molecule has 1 aromatic heterocycles. The Hall–Kier alpha value is -2.50. The van der Waals surface area contributed by atoms with E-state index in [4.69, 9.17) is 15.2 Å². The first-order valence-corrected chi connectivity index (χ1v) is 6.94. The van der Waals surface area contributed by atoms with Crippen molar-refractivity contribution in [1.29, 1.82) is 0 Å². The van der Waals surface area contributed by atoms with Crippen molar-refractivity contribution in [3.05, 3.63) is 24.4 Å². The van der Waals surface area contributed by atoms with Gasteiger partial charge in [0, 0.05) is 24.5 Å². The van der Waals surface area contributed by atoms with E-state index in [9.17, 15) is 4.79 Å². The van der Waals surface area contributed by atoms with Gasteiger partial charge in [0.15, 0.2) is 11.5 Å². The molecule has 0 radical (unpaired) electrons. The quantitative estimate of drug-likeness (QED) is 0.817. The van der Waals surface area contributed by atoms with Crippen LogP contribution >= 0.6 is 0 Å². The number of carbonyl (C=O) groups is 1. The Morgan fingerprint density at radius 1 is 1.29 bits per heavy atom. The third-order valence-corrected chi connectivity index (χ3v) is 3.32. The smallest absolute Gasteiger partial charge is 0.217 e. The zero-order valence-corrected chi connectivity index (χ0v) is 11.6. The van der Waals surface area contributed by atoms with Gasteiger partial charge in [0.05, 0.1) is 0 Å². The summed E-state index contributed by atoms with van der Waals surface area (Å²) in [6.07, 6.45) is 2.79. The molecule has 0 saturated carbocycles.